The van der Waals surface area contributed by atoms with E-state index in [0.717, 1.165) is 17.2 Å². The Balaban J connectivity index is 2.72. The van der Waals surface area contributed by atoms with E-state index < -0.39 is 0 Å². The first-order chi connectivity index (χ1) is 8.90. The van der Waals surface area contributed by atoms with Crippen molar-refractivity contribution in [3.8, 4) is 0 Å². The number of nitrogens with zero attached hydrogens (tertiary/aromatic N) is 3. The molecule has 0 fully saturated rings. The lowest BCUT2D eigenvalue weighted by atomic mass is 10.2. The molecular formula is C14H22N4O. The average molecular weight is 262 g/mol. The summed E-state index contributed by atoms with van der Waals surface area (Å²) in [5.41, 5.74) is 1.91. The number of anilines is 1. The zero-order valence-corrected chi connectivity index (χ0v) is 12.3. The molecule has 0 radical (unpaired) electrons. The zero-order chi connectivity index (χ0) is 14.4. The molecule has 0 aliphatic rings. The molecule has 1 N–H and O–H groups in total. The summed E-state index contributed by atoms with van der Waals surface area (Å²) in [6.07, 6.45) is 0. The van der Waals surface area contributed by atoms with Crippen LogP contribution in [0.3, 0.4) is 0 Å². The highest BCUT2D eigenvalue weighted by Crippen LogP contribution is 2.10. The van der Waals surface area contributed by atoms with E-state index in [9.17, 15) is 4.79 Å². The van der Waals surface area contributed by atoms with Gasteiger partial charge in [0.15, 0.2) is 5.96 Å². The Morgan fingerprint density at radius 3 is 2.05 bits per heavy atom. The monoisotopic (exact) mass is 262 g/mol. The summed E-state index contributed by atoms with van der Waals surface area (Å²) < 4.78 is 0. The standard InChI is InChI=1S/C14H22N4O/c1-11(19)16-13-8-6-12(7-9-13)10-15-14(17(2)3)18(4)5/h6-9H,10H2,1-5H3,(H,16,19). The third-order valence-corrected chi connectivity index (χ3v) is 2.48. The van der Waals surface area contributed by atoms with Crippen molar-refractivity contribution in [1.82, 2.24) is 9.80 Å². The van der Waals surface area contributed by atoms with Crippen LogP contribution in [0.2, 0.25) is 0 Å². The fraction of sp³-hybridized carbons (Fsp3) is 0.429. The lowest BCUT2D eigenvalue weighted by Gasteiger charge is -2.22. The highest BCUT2D eigenvalue weighted by atomic mass is 16.1. The maximum absolute atomic E-state index is 10.9. The Labute approximate surface area is 114 Å². The second kappa shape index (κ2) is 6.78. The Kier molecular flexibility index (Phi) is 5.36. The molecule has 0 spiro atoms. The maximum Gasteiger partial charge on any atom is 0.221 e. The van der Waals surface area contributed by atoms with Gasteiger partial charge in [0.2, 0.25) is 5.91 Å². The molecular weight excluding hydrogens is 240 g/mol. The summed E-state index contributed by atoms with van der Waals surface area (Å²) in [5.74, 6) is 0.860. The summed E-state index contributed by atoms with van der Waals surface area (Å²) in [7, 11) is 7.88. The van der Waals surface area contributed by atoms with Crippen molar-refractivity contribution in [3.63, 3.8) is 0 Å². The number of rotatable bonds is 3. The normalized spacial score (nSPS) is 9.74. The predicted octanol–water partition coefficient (Wildman–Crippen LogP) is 1.62. The highest BCUT2D eigenvalue weighted by molar-refractivity contribution is 5.88. The van der Waals surface area contributed by atoms with Gasteiger partial charge in [0.05, 0.1) is 6.54 Å². The lowest BCUT2D eigenvalue weighted by Crippen LogP contribution is -2.35. The third kappa shape index (κ3) is 4.99. The van der Waals surface area contributed by atoms with Crippen LogP contribution in [-0.2, 0) is 11.3 Å². The first-order valence-corrected chi connectivity index (χ1v) is 6.15. The Morgan fingerprint density at radius 2 is 1.63 bits per heavy atom. The number of carbonyl (C=O) groups is 1. The molecule has 5 heteroatoms. The van der Waals surface area contributed by atoms with E-state index in [2.05, 4.69) is 10.3 Å². The fourth-order valence-corrected chi connectivity index (χ4v) is 1.74. The van der Waals surface area contributed by atoms with Gasteiger partial charge in [-0.15, -0.1) is 0 Å². The Hall–Kier alpha value is -2.04. The predicted molar refractivity (Wildman–Crippen MR) is 79.3 cm³/mol. The maximum atomic E-state index is 10.9. The summed E-state index contributed by atoms with van der Waals surface area (Å²) in [5, 5.41) is 2.74. The van der Waals surface area contributed by atoms with Crippen LogP contribution in [0.25, 0.3) is 0 Å². The number of guanidine groups is 1. The highest BCUT2D eigenvalue weighted by Gasteiger charge is 2.03. The van der Waals surface area contributed by atoms with Gasteiger partial charge >= 0.3 is 0 Å². The molecule has 1 aromatic carbocycles. The molecule has 1 rings (SSSR count). The lowest BCUT2D eigenvalue weighted by molar-refractivity contribution is -0.114. The fourth-order valence-electron chi connectivity index (χ4n) is 1.74. The smallest absolute Gasteiger partial charge is 0.221 e. The van der Waals surface area contributed by atoms with Crippen LogP contribution in [0.4, 0.5) is 5.69 Å². The number of nitrogens with one attached hydrogen (secondary N) is 1. The van der Waals surface area contributed by atoms with E-state index in [1.807, 2.05) is 62.3 Å². The molecule has 1 amide bonds. The van der Waals surface area contributed by atoms with Gasteiger partial charge < -0.3 is 15.1 Å². The molecule has 0 aliphatic heterocycles. The molecule has 0 heterocycles. The van der Waals surface area contributed by atoms with E-state index in [1.165, 1.54) is 6.92 Å². The zero-order valence-electron chi connectivity index (χ0n) is 12.3. The van der Waals surface area contributed by atoms with Crippen LogP contribution >= 0.6 is 0 Å². The van der Waals surface area contributed by atoms with Crippen LogP contribution in [0.1, 0.15) is 12.5 Å². The number of hydrogen-bond acceptors (Lipinski definition) is 2. The molecule has 1 aromatic rings. The van der Waals surface area contributed by atoms with Crippen LogP contribution in [0.5, 0.6) is 0 Å². The van der Waals surface area contributed by atoms with E-state index >= 15 is 0 Å². The largest absolute Gasteiger partial charge is 0.349 e. The number of benzene rings is 1. The van der Waals surface area contributed by atoms with Crippen molar-refractivity contribution in [2.24, 2.45) is 4.99 Å². The van der Waals surface area contributed by atoms with Gasteiger partial charge in [-0.3, -0.25) is 4.79 Å². The quantitative estimate of drug-likeness (QED) is 0.665. The minimum absolute atomic E-state index is 0.0618. The topological polar surface area (TPSA) is 47.9 Å². The van der Waals surface area contributed by atoms with Gasteiger partial charge in [0.25, 0.3) is 0 Å². The molecule has 0 aromatic heterocycles. The van der Waals surface area contributed by atoms with Crippen molar-refractivity contribution in [2.45, 2.75) is 13.5 Å². The van der Waals surface area contributed by atoms with Crippen molar-refractivity contribution in [1.29, 1.82) is 0 Å². The van der Waals surface area contributed by atoms with Gasteiger partial charge in [-0.05, 0) is 17.7 Å². The number of carbonyl (C=O) groups excluding carboxylic acids is 1. The minimum atomic E-state index is -0.0618. The first-order valence-electron chi connectivity index (χ1n) is 6.15. The van der Waals surface area contributed by atoms with Crippen molar-refractivity contribution in [2.75, 3.05) is 33.5 Å². The van der Waals surface area contributed by atoms with Gasteiger partial charge in [-0.2, -0.15) is 0 Å². The van der Waals surface area contributed by atoms with Gasteiger partial charge in [0, 0.05) is 40.8 Å². The molecule has 19 heavy (non-hydrogen) atoms. The second-order valence-corrected chi connectivity index (χ2v) is 4.78. The molecule has 0 saturated carbocycles. The third-order valence-electron chi connectivity index (χ3n) is 2.48. The SMILES string of the molecule is CC(=O)Nc1ccc(CN=C(N(C)C)N(C)C)cc1. The summed E-state index contributed by atoms with van der Waals surface area (Å²) >= 11 is 0. The second-order valence-electron chi connectivity index (χ2n) is 4.78. The number of hydrogen-bond donors (Lipinski definition) is 1. The molecule has 0 bridgehead atoms. The molecule has 0 atom stereocenters. The van der Waals surface area contributed by atoms with E-state index in [4.69, 9.17) is 0 Å². The molecule has 0 saturated heterocycles. The van der Waals surface area contributed by atoms with E-state index in [0.29, 0.717) is 6.54 Å². The summed E-state index contributed by atoms with van der Waals surface area (Å²) in [6, 6.07) is 7.71. The van der Waals surface area contributed by atoms with Gasteiger partial charge in [-0.25, -0.2) is 4.99 Å². The van der Waals surface area contributed by atoms with Crippen molar-refractivity contribution in [3.05, 3.63) is 29.8 Å². The van der Waals surface area contributed by atoms with E-state index in [-0.39, 0.29) is 5.91 Å². The number of aliphatic imine (C=N–C) groups is 1. The van der Waals surface area contributed by atoms with Crippen LogP contribution in [0.15, 0.2) is 29.3 Å². The summed E-state index contributed by atoms with van der Waals surface area (Å²) in [6.45, 7) is 2.12. The molecule has 104 valence electrons. The van der Waals surface area contributed by atoms with Crippen molar-refractivity contribution < 1.29 is 4.79 Å². The van der Waals surface area contributed by atoms with Crippen LogP contribution in [0, 0.1) is 0 Å². The molecule has 5 nitrogen and oxygen atoms in total. The van der Waals surface area contributed by atoms with Gasteiger partial charge in [-0.1, -0.05) is 12.1 Å². The summed E-state index contributed by atoms with van der Waals surface area (Å²) in [4.78, 5) is 19.4. The van der Waals surface area contributed by atoms with Crippen LogP contribution in [-0.4, -0.2) is 49.9 Å². The Morgan fingerprint density at radius 1 is 1.11 bits per heavy atom. The Bertz CT molecular complexity index is 439. The average Bonchev–Trinajstić information content (AvgIpc) is 2.29. The molecule has 0 unspecified atom stereocenters. The van der Waals surface area contributed by atoms with Crippen LogP contribution < -0.4 is 5.32 Å². The minimum Gasteiger partial charge on any atom is -0.349 e. The van der Waals surface area contributed by atoms with Gasteiger partial charge in [0.1, 0.15) is 0 Å². The van der Waals surface area contributed by atoms with E-state index in [1.54, 1.807) is 0 Å². The number of amides is 1. The molecule has 0 aliphatic carbocycles. The van der Waals surface area contributed by atoms with Crippen molar-refractivity contribution >= 4 is 17.6 Å². The first kappa shape index (κ1) is 15.0.